The SMILES string of the molecule is Cc1ccccc1N1CCCC1.Cl.[N-]=[N+]=[Zn]. The zero-order valence-electron chi connectivity index (χ0n) is 9.59. The number of nitrogens with zero attached hydrogens (tertiary/aromatic N) is 3. The van der Waals surface area contributed by atoms with Crippen LogP contribution in [-0.2, 0) is 18.1 Å². The molecule has 3 nitrogen and oxygen atoms in total. The summed E-state index contributed by atoms with van der Waals surface area (Å²) < 4.78 is 2.62. The van der Waals surface area contributed by atoms with Crippen LogP contribution in [0, 0.1) is 6.92 Å². The number of benzene rings is 1. The van der Waals surface area contributed by atoms with Crippen molar-refractivity contribution in [2.45, 2.75) is 19.8 Å². The number of para-hydroxylation sites is 1. The van der Waals surface area contributed by atoms with Crippen LogP contribution in [0.15, 0.2) is 24.3 Å². The molecule has 5 heteroatoms. The summed E-state index contributed by atoms with van der Waals surface area (Å²) >= 11 is 0.625. The van der Waals surface area contributed by atoms with Crippen LogP contribution in [0.1, 0.15) is 18.4 Å². The van der Waals surface area contributed by atoms with Crippen LogP contribution in [0.25, 0.3) is 5.53 Å². The molecule has 1 fully saturated rings. The van der Waals surface area contributed by atoms with E-state index in [4.69, 9.17) is 5.53 Å². The molecule has 1 heterocycles. The molecule has 84 valence electrons. The predicted molar refractivity (Wildman–Crippen MR) is 65.4 cm³/mol. The second-order valence-electron chi connectivity index (χ2n) is 3.62. The Morgan fingerprint density at radius 2 is 1.75 bits per heavy atom. The van der Waals surface area contributed by atoms with Crippen molar-refractivity contribution in [1.82, 2.24) is 3.48 Å². The van der Waals surface area contributed by atoms with Crippen LogP contribution in [0.4, 0.5) is 5.69 Å². The Morgan fingerprint density at radius 1 is 1.25 bits per heavy atom. The molecule has 0 amide bonds. The first-order chi connectivity index (χ1) is 7.29. The Labute approximate surface area is 113 Å². The van der Waals surface area contributed by atoms with E-state index in [2.05, 4.69) is 39.6 Å². The van der Waals surface area contributed by atoms with Gasteiger partial charge in [-0.25, -0.2) is 0 Å². The molecule has 0 atom stereocenters. The van der Waals surface area contributed by atoms with Crippen molar-refractivity contribution in [3.63, 3.8) is 0 Å². The molecular weight excluding hydrogens is 275 g/mol. The molecule has 0 unspecified atom stereocenters. The molecule has 16 heavy (non-hydrogen) atoms. The zero-order valence-corrected chi connectivity index (χ0v) is 13.4. The summed E-state index contributed by atoms with van der Waals surface area (Å²) in [5.41, 5.74) is 10.1. The van der Waals surface area contributed by atoms with Crippen molar-refractivity contribution in [3.8, 4) is 0 Å². The van der Waals surface area contributed by atoms with Gasteiger partial charge in [0.1, 0.15) is 0 Å². The number of hydrogen-bond donors (Lipinski definition) is 0. The van der Waals surface area contributed by atoms with Crippen molar-refractivity contribution in [2.24, 2.45) is 0 Å². The average molecular weight is 291 g/mol. The van der Waals surface area contributed by atoms with Gasteiger partial charge in [0.25, 0.3) is 0 Å². The van der Waals surface area contributed by atoms with Crippen LogP contribution in [0.2, 0.25) is 0 Å². The van der Waals surface area contributed by atoms with E-state index in [1.165, 1.54) is 37.2 Å². The Balaban J connectivity index is 0.000000511. The Hall–Kier alpha value is -0.557. The number of anilines is 1. The van der Waals surface area contributed by atoms with Gasteiger partial charge in [0.15, 0.2) is 0 Å². The Bertz CT molecular complexity index is 345. The van der Waals surface area contributed by atoms with Gasteiger partial charge in [-0.2, -0.15) is 0 Å². The van der Waals surface area contributed by atoms with Crippen molar-refractivity contribution < 1.29 is 18.1 Å². The average Bonchev–Trinajstić information content (AvgIpc) is 2.72. The third kappa shape index (κ3) is 4.53. The summed E-state index contributed by atoms with van der Waals surface area (Å²) in [5.74, 6) is 0. The molecule has 1 aliphatic heterocycles. The summed E-state index contributed by atoms with van der Waals surface area (Å²) in [7, 11) is 0. The maximum absolute atomic E-state index is 7.25. The van der Waals surface area contributed by atoms with E-state index in [1.807, 2.05) is 0 Å². The first-order valence-corrected chi connectivity index (χ1v) is 6.53. The summed E-state index contributed by atoms with van der Waals surface area (Å²) in [6, 6.07) is 8.64. The molecule has 1 aromatic rings. The molecular formula is C11H16ClN3Zn. The summed E-state index contributed by atoms with van der Waals surface area (Å²) in [5, 5.41) is 0. The third-order valence-corrected chi connectivity index (χ3v) is 2.56. The molecule has 0 aromatic heterocycles. The van der Waals surface area contributed by atoms with Crippen LogP contribution in [0.3, 0.4) is 0 Å². The second kappa shape index (κ2) is 8.58. The molecule has 1 aliphatic rings. The minimum absolute atomic E-state index is 0. The fraction of sp³-hybridized carbons (Fsp3) is 0.455. The van der Waals surface area contributed by atoms with Gasteiger partial charge in [-0.1, -0.05) is 18.2 Å². The standard InChI is InChI=1S/C11H15N.ClH.N2.Zn/c1-10-6-2-3-7-11(10)12-8-4-5-9-12;;1-2;/h2-3,6-7H,4-5,8-9H2,1H3;1H;;. The van der Waals surface area contributed by atoms with Gasteiger partial charge in [0.2, 0.25) is 0 Å². The third-order valence-electron chi connectivity index (χ3n) is 2.56. The van der Waals surface area contributed by atoms with Crippen LogP contribution in [-0.4, -0.2) is 13.1 Å². The zero-order chi connectivity index (χ0) is 11.1. The number of hydrogen-bond acceptors (Lipinski definition) is 1. The van der Waals surface area contributed by atoms with E-state index >= 15 is 0 Å². The quantitative estimate of drug-likeness (QED) is 0.445. The van der Waals surface area contributed by atoms with Crippen molar-refractivity contribution >= 4 is 18.1 Å². The Kier molecular flexibility index (Phi) is 8.28. The number of halogens is 1. The Morgan fingerprint density at radius 3 is 2.25 bits per heavy atom. The van der Waals surface area contributed by atoms with E-state index < -0.39 is 0 Å². The van der Waals surface area contributed by atoms with Gasteiger partial charge in [-0.15, -0.1) is 12.4 Å². The second-order valence-corrected chi connectivity index (χ2v) is 4.22. The fourth-order valence-electron chi connectivity index (χ4n) is 1.88. The molecule has 1 saturated heterocycles. The van der Waals surface area contributed by atoms with Gasteiger partial charge in [0.05, 0.1) is 0 Å². The summed E-state index contributed by atoms with van der Waals surface area (Å²) in [6.07, 6.45) is 2.71. The monoisotopic (exact) mass is 289 g/mol. The van der Waals surface area contributed by atoms with Crippen LogP contribution >= 0.6 is 12.4 Å². The maximum atomic E-state index is 7.25. The minimum atomic E-state index is 0. The van der Waals surface area contributed by atoms with Crippen molar-refractivity contribution in [1.29, 1.82) is 0 Å². The van der Waals surface area contributed by atoms with Gasteiger partial charge >= 0.3 is 27.1 Å². The molecule has 0 radical (unpaired) electrons. The van der Waals surface area contributed by atoms with Crippen LogP contribution < -0.4 is 8.38 Å². The molecule has 0 N–H and O–H groups in total. The molecule has 0 aliphatic carbocycles. The molecule has 1 aromatic carbocycles. The van der Waals surface area contributed by atoms with Gasteiger partial charge < -0.3 is 4.90 Å². The molecule has 0 bridgehead atoms. The molecule has 0 spiro atoms. The first-order valence-electron chi connectivity index (χ1n) is 5.20. The van der Waals surface area contributed by atoms with E-state index in [1.54, 1.807) is 0 Å². The van der Waals surface area contributed by atoms with E-state index in [-0.39, 0.29) is 12.4 Å². The number of aryl methyl sites for hydroxylation is 1. The molecule has 0 saturated carbocycles. The predicted octanol–water partition coefficient (Wildman–Crippen LogP) is 2.82. The molecule has 2 rings (SSSR count). The van der Waals surface area contributed by atoms with Crippen molar-refractivity contribution in [3.05, 3.63) is 35.4 Å². The van der Waals surface area contributed by atoms with Crippen molar-refractivity contribution in [2.75, 3.05) is 18.0 Å². The van der Waals surface area contributed by atoms with Crippen LogP contribution in [0.5, 0.6) is 0 Å². The van der Waals surface area contributed by atoms with E-state index in [0.717, 1.165) is 0 Å². The van der Waals surface area contributed by atoms with Gasteiger partial charge in [-0.3, -0.25) is 0 Å². The summed E-state index contributed by atoms with van der Waals surface area (Å²) in [6.45, 7) is 4.67. The van der Waals surface area contributed by atoms with Gasteiger partial charge in [0, 0.05) is 18.8 Å². The summed E-state index contributed by atoms with van der Waals surface area (Å²) in [4.78, 5) is 2.48. The topological polar surface area (TPSA) is 39.6 Å². The van der Waals surface area contributed by atoms with E-state index in [0.29, 0.717) is 18.1 Å². The van der Waals surface area contributed by atoms with E-state index in [9.17, 15) is 0 Å². The van der Waals surface area contributed by atoms with Gasteiger partial charge in [-0.05, 0) is 31.4 Å². The first kappa shape index (κ1) is 15.4. The normalized spacial score (nSPS) is 13.3. The number of rotatable bonds is 1. The fourth-order valence-corrected chi connectivity index (χ4v) is 1.88.